The van der Waals surface area contributed by atoms with Crippen molar-refractivity contribution < 1.29 is 4.79 Å². The number of carbonyl (C=O) groups is 1. The summed E-state index contributed by atoms with van der Waals surface area (Å²) >= 11 is 0. The van der Waals surface area contributed by atoms with Gasteiger partial charge in [0.25, 0.3) is 0 Å². The van der Waals surface area contributed by atoms with Crippen LogP contribution in [-0.2, 0) is 4.79 Å². The second kappa shape index (κ2) is 3.13. The highest BCUT2D eigenvalue weighted by Gasteiger charge is 2.52. The van der Waals surface area contributed by atoms with Crippen molar-refractivity contribution in [3.63, 3.8) is 0 Å². The highest BCUT2D eigenvalue weighted by molar-refractivity contribution is 5.88. The lowest BCUT2D eigenvalue weighted by Gasteiger charge is -2.18. The molecule has 1 amide bonds. The predicted octanol–water partition coefficient (Wildman–Crippen LogP) is 1.47. The number of hydrogen-bond acceptors (Lipinski definition) is 2. The maximum absolute atomic E-state index is 12.0. The number of amides is 1. The zero-order chi connectivity index (χ0) is 10.2. The standard InChI is InChI=1S/C11H14N2O/c1-2-5-11(8-12)7-9-4-3-6-13(9)10(11)14/h2,9H,1,3-7H2/t9-,11-/m0/s1. The van der Waals surface area contributed by atoms with Gasteiger partial charge in [0.2, 0.25) is 5.91 Å². The van der Waals surface area contributed by atoms with E-state index in [2.05, 4.69) is 12.6 Å². The van der Waals surface area contributed by atoms with Crippen molar-refractivity contribution in [2.24, 2.45) is 5.41 Å². The summed E-state index contributed by atoms with van der Waals surface area (Å²) in [6.07, 6.45) is 5.03. The van der Waals surface area contributed by atoms with Crippen molar-refractivity contribution in [1.82, 2.24) is 4.90 Å². The Labute approximate surface area is 84.0 Å². The predicted molar refractivity (Wildman–Crippen MR) is 52.2 cm³/mol. The average molecular weight is 190 g/mol. The number of rotatable bonds is 2. The first-order valence-electron chi connectivity index (χ1n) is 5.07. The first-order chi connectivity index (χ1) is 6.73. The smallest absolute Gasteiger partial charge is 0.243 e. The Morgan fingerprint density at radius 3 is 3.14 bits per heavy atom. The minimum Gasteiger partial charge on any atom is -0.338 e. The Kier molecular flexibility index (Phi) is 2.07. The van der Waals surface area contributed by atoms with E-state index in [1.54, 1.807) is 6.08 Å². The summed E-state index contributed by atoms with van der Waals surface area (Å²) in [7, 11) is 0. The minimum atomic E-state index is -0.785. The SMILES string of the molecule is C=CC[C@@]1(C#N)C[C@@H]2CCCN2C1=O. The number of fused-ring (bicyclic) bond motifs is 1. The summed E-state index contributed by atoms with van der Waals surface area (Å²) in [4.78, 5) is 13.9. The van der Waals surface area contributed by atoms with Crippen LogP contribution in [0.15, 0.2) is 12.7 Å². The zero-order valence-corrected chi connectivity index (χ0v) is 8.20. The van der Waals surface area contributed by atoms with Crippen molar-refractivity contribution in [2.75, 3.05) is 6.54 Å². The fourth-order valence-electron chi connectivity index (χ4n) is 2.64. The third kappa shape index (κ3) is 1.07. The van der Waals surface area contributed by atoms with Crippen molar-refractivity contribution >= 4 is 5.91 Å². The van der Waals surface area contributed by atoms with Gasteiger partial charge in [0.1, 0.15) is 5.41 Å². The van der Waals surface area contributed by atoms with Crippen LogP contribution in [0.1, 0.15) is 25.7 Å². The number of nitriles is 1. The quantitative estimate of drug-likeness (QED) is 0.619. The fraction of sp³-hybridized carbons (Fsp3) is 0.636. The van der Waals surface area contributed by atoms with E-state index >= 15 is 0 Å². The van der Waals surface area contributed by atoms with Gasteiger partial charge in [-0.25, -0.2) is 0 Å². The largest absolute Gasteiger partial charge is 0.338 e. The van der Waals surface area contributed by atoms with E-state index in [1.165, 1.54) is 0 Å². The van der Waals surface area contributed by atoms with Crippen LogP contribution in [0.25, 0.3) is 0 Å². The Bertz CT molecular complexity index is 318. The molecular formula is C11H14N2O. The van der Waals surface area contributed by atoms with Crippen molar-refractivity contribution in [2.45, 2.75) is 31.7 Å². The molecule has 0 unspecified atom stereocenters. The van der Waals surface area contributed by atoms with Crippen LogP contribution in [0.2, 0.25) is 0 Å². The van der Waals surface area contributed by atoms with Gasteiger partial charge < -0.3 is 4.90 Å². The van der Waals surface area contributed by atoms with Crippen LogP contribution >= 0.6 is 0 Å². The molecule has 2 heterocycles. The molecule has 0 aromatic carbocycles. The minimum absolute atomic E-state index is 0.0300. The van der Waals surface area contributed by atoms with Gasteiger partial charge in [0.15, 0.2) is 0 Å². The molecule has 2 rings (SSSR count). The van der Waals surface area contributed by atoms with E-state index in [4.69, 9.17) is 5.26 Å². The molecule has 0 bridgehead atoms. The Morgan fingerprint density at radius 2 is 2.57 bits per heavy atom. The molecule has 74 valence electrons. The highest BCUT2D eigenvalue weighted by Crippen LogP contribution is 2.43. The monoisotopic (exact) mass is 190 g/mol. The maximum Gasteiger partial charge on any atom is 0.243 e. The molecule has 2 aliphatic rings. The highest BCUT2D eigenvalue weighted by atomic mass is 16.2. The molecule has 2 saturated heterocycles. The zero-order valence-electron chi connectivity index (χ0n) is 8.20. The van der Waals surface area contributed by atoms with Gasteiger partial charge in [-0.1, -0.05) is 6.08 Å². The lowest BCUT2D eigenvalue weighted by molar-refractivity contribution is -0.133. The third-order valence-corrected chi connectivity index (χ3v) is 3.34. The van der Waals surface area contributed by atoms with Crippen LogP contribution in [-0.4, -0.2) is 23.4 Å². The second-order valence-electron chi connectivity index (χ2n) is 4.19. The average Bonchev–Trinajstić information content (AvgIpc) is 2.71. The molecule has 3 heteroatoms. The van der Waals surface area contributed by atoms with Crippen molar-refractivity contribution in [1.29, 1.82) is 5.26 Å². The van der Waals surface area contributed by atoms with E-state index in [-0.39, 0.29) is 5.91 Å². The molecule has 0 saturated carbocycles. The molecule has 0 aromatic heterocycles. The molecule has 0 spiro atoms. The Morgan fingerprint density at radius 1 is 1.79 bits per heavy atom. The number of carbonyl (C=O) groups excluding carboxylic acids is 1. The lowest BCUT2D eigenvalue weighted by atomic mass is 9.82. The van der Waals surface area contributed by atoms with Crippen LogP contribution in [0.4, 0.5) is 0 Å². The normalized spacial score (nSPS) is 35.5. The van der Waals surface area contributed by atoms with Gasteiger partial charge in [-0.05, 0) is 25.7 Å². The first-order valence-corrected chi connectivity index (χ1v) is 5.07. The fourth-order valence-corrected chi connectivity index (χ4v) is 2.64. The summed E-state index contributed by atoms with van der Waals surface area (Å²) in [5.41, 5.74) is -0.785. The number of nitrogens with zero attached hydrogens (tertiary/aromatic N) is 2. The van der Waals surface area contributed by atoms with Gasteiger partial charge in [0, 0.05) is 12.6 Å². The molecule has 0 aliphatic carbocycles. The van der Waals surface area contributed by atoms with E-state index in [1.807, 2.05) is 4.90 Å². The molecule has 2 fully saturated rings. The number of hydrogen-bond donors (Lipinski definition) is 0. The van der Waals surface area contributed by atoms with E-state index in [9.17, 15) is 4.79 Å². The summed E-state index contributed by atoms with van der Waals surface area (Å²) in [6, 6.07) is 2.52. The van der Waals surface area contributed by atoms with Crippen LogP contribution in [0, 0.1) is 16.7 Å². The lowest BCUT2D eigenvalue weighted by Crippen LogP contribution is -2.33. The van der Waals surface area contributed by atoms with Crippen LogP contribution in [0.3, 0.4) is 0 Å². The van der Waals surface area contributed by atoms with Gasteiger partial charge in [-0.2, -0.15) is 5.26 Å². The van der Waals surface area contributed by atoms with Crippen LogP contribution in [0.5, 0.6) is 0 Å². The van der Waals surface area contributed by atoms with Gasteiger partial charge in [-0.3, -0.25) is 4.79 Å². The molecule has 0 N–H and O–H groups in total. The van der Waals surface area contributed by atoms with Gasteiger partial charge in [-0.15, -0.1) is 6.58 Å². The van der Waals surface area contributed by atoms with E-state index < -0.39 is 5.41 Å². The second-order valence-corrected chi connectivity index (χ2v) is 4.19. The maximum atomic E-state index is 12.0. The number of allylic oxidation sites excluding steroid dienone is 1. The summed E-state index contributed by atoms with van der Waals surface area (Å²) in [6.45, 7) is 4.46. The van der Waals surface area contributed by atoms with E-state index in [0.29, 0.717) is 18.9 Å². The Hall–Kier alpha value is -1.30. The third-order valence-electron chi connectivity index (χ3n) is 3.34. The molecule has 2 aliphatic heterocycles. The molecule has 2 atom stereocenters. The van der Waals surface area contributed by atoms with Crippen LogP contribution < -0.4 is 0 Å². The first kappa shape index (κ1) is 9.26. The van der Waals surface area contributed by atoms with Crippen molar-refractivity contribution in [3.05, 3.63) is 12.7 Å². The summed E-state index contributed by atoms with van der Waals surface area (Å²) < 4.78 is 0. The summed E-state index contributed by atoms with van der Waals surface area (Å²) in [5.74, 6) is 0.0300. The molecular weight excluding hydrogens is 176 g/mol. The topological polar surface area (TPSA) is 44.1 Å². The molecule has 14 heavy (non-hydrogen) atoms. The van der Waals surface area contributed by atoms with Gasteiger partial charge >= 0.3 is 0 Å². The van der Waals surface area contributed by atoms with Crippen molar-refractivity contribution in [3.8, 4) is 6.07 Å². The Balaban J connectivity index is 2.27. The summed E-state index contributed by atoms with van der Waals surface area (Å²) in [5, 5.41) is 9.13. The molecule has 3 nitrogen and oxygen atoms in total. The van der Waals surface area contributed by atoms with Gasteiger partial charge in [0.05, 0.1) is 6.07 Å². The molecule has 0 aromatic rings. The molecule has 0 radical (unpaired) electrons. The van der Waals surface area contributed by atoms with E-state index in [0.717, 1.165) is 19.4 Å².